The second kappa shape index (κ2) is 14.5. The Labute approximate surface area is 248 Å². The Balaban J connectivity index is 1.31. The van der Waals surface area contributed by atoms with Gasteiger partial charge in [-0.3, -0.25) is 14.7 Å². The Hall–Kier alpha value is -4.35. The fourth-order valence-electron chi connectivity index (χ4n) is 5.20. The van der Waals surface area contributed by atoms with E-state index in [0.29, 0.717) is 60.9 Å². The van der Waals surface area contributed by atoms with Crippen molar-refractivity contribution in [1.82, 2.24) is 14.9 Å². The number of anilines is 4. The van der Waals surface area contributed by atoms with E-state index in [0.717, 1.165) is 43.6 Å². The minimum Gasteiger partial charge on any atom is -0.508 e. The summed E-state index contributed by atoms with van der Waals surface area (Å²) >= 11 is 0. The van der Waals surface area contributed by atoms with Gasteiger partial charge >= 0.3 is 0 Å². The zero-order valence-electron chi connectivity index (χ0n) is 24.8. The molecule has 1 aromatic heterocycles. The summed E-state index contributed by atoms with van der Waals surface area (Å²) in [7, 11) is 3.93. The molecule has 11 heteroatoms. The number of phenolic OH excluding ortho intramolecular Hbond substituents is 1. The standard InChI is InChI=1S/C31H43N9O2/c1-4-34-31-35-19-25(22-41)30(36-31)38(3)16-15-37(2)27-8-6-9-28(18-27)40(33)21-26(32)20-39-13-11-23(12-14-39)24-7-5-10-29(42)17-24/h5-10,17-19,21-23,42H,4,11-16,20,32-33H2,1-3H3,(H,34,35,36)/b26-21-. The van der Waals surface area contributed by atoms with Gasteiger partial charge in [-0.25, -0.2) is 10.8 Å². The normalized spacial score (nSPS) is 14.4. The molecular weight excluding hydrogens is 530 g/mol. The Morgan fingerprint density at radius 2 is 1.81 bits per heavy atom. The molecule has 1 aliphatic rings. The first-order valence-electron chi connectivity index (χ1n) is 14.4. The van der Waals surface area contributed by atoms with Crippen molar-refractivity contribution in [3.05, 3.63) is 77.8 Å². The average molecular weight is 574 g/mol. The highest BCUT2D eigenvalue weighted by Crippen LogP contribution is 2.30. The van der Waals surface area contributed by atoms with Gasteiger partial charge in [-0.15, -0.1) is 0 Å². The van der Waals surface area contributed by atoms with Gasteiger partial charge in [0.2, 0.25) is 5.95 Å². The number of phenols is 1. The van der Waals surface area contributed by atoms with Crippen LogP contribution in [0.2, 0.25) is 0 Å². The molecule has 0 aliphatic carbocycles. The van der Waals surface area contributed by atoms with Gasteiger partial charge in [0.1, 0.15) is 11.6 Å². The number of aromatic nitrogens is 2. The van der Waals surface area contributed by atoms with Crippen LogP contribution in [0.3, 0.4) is 0 Å². The number of rotatable bonds is 13. The van der Waals surface area contributed by atoms with E-state index in [1.165, 1.54) is 5.56 Å². The van der Waals surface area contributed by atoms with Crippen LogP contribution in [0.25, 0.3) is 0 Å². The molecule has 1 saturated heterocycles. The molecule has 6 N–H and O–H groups in total. The van der Waals surface area contributed by atoms with Gasteiger partial charge in [0.25, 0.3) is 0 Å². The van der Waals surface area contributed by atoms with Crippen molar-refractivity contribution in [2.24, 2.45) is 11.6 Å². The van der Waals surface area contributed by atoms with Gasteiger partial charge in [-0.1, -0.05) is 18.2 Å². The fourth-order valence-corrected chi connectivity index (χ4v) is 5.20. The molecule has 1 fully saturated rings. The Morgan fingerprint density at radius 3 is 2.52 bits per heavy atom. The summed E-state index contributed by atoms with van der Waals surface area (Å²) in [4.78, 5) is 26.7. The summed E-state index contributed by atoms with van der Waals surface area (Å²) in [5.74, 6) is 8.27. The molecule has 42 heavy (non-hydrogen) atoms. The number of hydrogen-bond acceptors (Lipinski definition) is 11. The van der Waals surface area contributed by atoms with Crippen LogP contribution in [-0.4, -0.2) is 79.6 Å². The SMILES string of the molecule is CCNc1ncc(C=O)c(N(C)CCN(C)c2cccc(N(N)/C=C(\N)CN3CCC(c4cccc(O)c4)CC3)c2)n1. The quantitative estimate of drug-likeness (QED) is 0.136. The third-order valence-electron chi connectivity index (χ3n) is 7.60. The molecule has 224 valence electrons. The number of nitrogens with one attached hydrogen (secondary N) is 1. The molecule has 0 radical (unpaired) electrons. The molecule has 1 aliphatic heterocycles. The van der Waals surface area contributed by atoms with Crippen molar-refractivity contribution in [1.29, 1.82) is 0 Å². The first-order valence-corrected chi connectivity index (χ1v) is 14.4. The van der Waals surface area contributed by atoms with Crippen molar-refractivity contribution >= 4 is 29.4 Å². The minimum absolute atomic E-state index is 0.321. The van der Waals surface area contributed by atoms with Gasteiger partial charge in [0, 0.05) is 64.1 Å². The number of carbonyl (C=O) groups excluding carboxylic acids is 1. The molecular formula is C31H43N9O2. The monoisotopic (exact) mass is 573 g/mol. The van der Waals surface area contributed by atoms with Crippen molar-refractivity contribution in [2.45, 2.75) is 25.7 Å². The zero-order valence-corrected chi connectivity index (χ0v) is 24.8. The van der Waals surface area contributed by atoms with Crippen molar-refractivity contribution in [3.8, 4) is 5.75 Å². The van der Waals surface area contributed by atoms with Crippen LogP contribution in [-0.2, 0) is 0 Å². The van der Waals surface area contributed by atoms with Gasteiger partial charge in [0.05, 0.1) is 11.3 Å². The molecule has 2 heterocycles. The molecule has 11 nitrogen and oxygen atoms in total. The predicted octanol–water partition coefficient (Wildman–Crippen LogP) is 3.36. The van der Waals surface area contributed by atoms with Crippen molar-refractivity contribution in [2.75, 3.05) is 73.5 Å². The molecule has 0 amide bonds. The molecule has 0 saturated carbocycles. The highest BCUT2D eigenvalue weighted by molar-refractivity contribution is 5.82. The number of aldehydes is 1. The van der Waals surface area contributed by atoms with E-state index < -0.39 is 0 Å². The number of nitrogens with two attached hydrogens (primary N) is 2. The third kappa shape index (κ3) is 8.11. The molecule has 0 atom stereocenters. The number of aromatic hydroxyl groups is 1. The number of nitrogens with zero attached hydrogens (tertiary/aromatic N) is 6. The summed E-state index contributed by atoms with van der Waals surface area (Å²) in [6.45, 7) is 6.53. The van der Waals surface area contributed by atoms with Gasteiger partial charge in [0.15, 0.2) is 6.29 Å². The van der Waals surface area contributed by atoms with Crippen LogP contribution in [0, 0.1) is 0 Å². The summed E-state index contributed by atoms with van der Waals surface area (Å²) in [6.07, 6.45) is 6.16. The Kier molecular flexibility index (Phi) is 10.6. The van der Waals surface area contributed by atoms with E-state index >= 15 is 0 Å². The molecule has 3 aromatic rings. The van der Waals surface area contributed by atoms with E-state index in [1.54, 1.807) is 23.5 Å². The maximum absolute atomic E-state index is 11.5. The smallest absolute Gasteiger partial charge is 0.224 e. The topological polar surface area (TPSA) is 140 Å². The first-order chi connectivity index (χ1) is 20.3. The minimum atomic E-state index is 0.321. The average Bonchev–Trinajstić information content (AvgIpc) is 3.00. The lowest BCUT2D eigenvalue weighted by atomic mass is 9.89. The highest BCUT2D eigenvalue weighted by atomic mass is 16.3. The molecule has 4 rings (SSSR count). The zero-order chi connectivity index (χ0) is 30.1. The summed E-state index contributed by atoms with van der Waals surface area (Å²) < 4.78 is 0. The predicted molar refractivity (Wildman–Crippen MR) is 170 cm³/mol. The van der Waals surface area contributed by atoms with Crippen LogP contribution < -0.4 is 31.7 Å². The van der Waals surface area contributed by atoms with Gasteiger partial charge in [-0.2, -0.15) is 4.98 Å². The summed E-state index contributed by atoms with van der Waals surface area (Å²) in [6, 6.07) is 15.6. The van der Waals surface area contributed by atoms with E-state index in [-0.39, 0.29) is 0 Å². The Bertz CT molecular complexity index is 1360. The Morgan fingerprint density at radius 1 is 1.10 bits per heavy atom. The molecule has 0 spiro atoms. The van der Waals surface area contributed by atoms with E-state index in [2.05, 4.69) is 31.2 Å². The lowest BCUT2D eigenvalue weighted by molar-refractivity contribution is 0.112. The third-order valence-corrected chi connectivity index (χ3v) is 7.60. The number of hydrazine groups is 1. The number of piperidine rings is 1. The van der Waals surface area contributed by atoms with Crippen LogP contribution in [0.1, 0.15) is 41.6 Å². The first kappa shape index (κ1) is 30.6. The fraction of sp³-hybridized carbons (Fsp3) is 0.387. The van der Waals surface area contributed by atoms with Crippen LogP contribution in [0.15, 0.2) is 66.6 Å². The lowest BCUT2D eigenvalue weighted by Crippen LogP contribution is -2.37. The number of likely N-dealkylation sites (N-methyl/N-ethyl adjacent to an activating group) is 2. The highest BCUT2D eigenvalue weighted by Gasteiger charge is 2.21. The largest absolute Gasteiger partial charge is 0.508 e. The van der Waals surface area contributed by atoms with E-state index in [1.807, 2.05) is 62.3 Å². The lowest BCUT2D eigenvalue weighted by Gasteiger charge is -2.32. The second-order valence-corrected chi connectivity index (χ2v) is 10.7. The number of benzene rings is 2. The summed E-state index contributed by atoms with van der Waals surface area (Å²) in [5.41, 5.74) is 10.6. The molecule has 2 aromatic carbocycles. The second-order valence-electron chi connectivity index (χ2n) is 10.7. The van der Waals surface area contributed by atoms with E-state index in [9.17, 15) is 9.90 Å². The number of carbonyl (C=O) groups is 1. The molecule has 0 bridgehead atoms. The molecule has 0 unspecified atom stereocenters. The number of likely N-dealkylation sites (tertiary alicyclic amines) is 1. The van der Waals surface area contributed by atoms with Crippen molar-refractivity contribution in [3.63, 3.8) is 0 Å². The maximum atomic E-state index is 11.5. The van der Waals surface area contributed by atoms with Crippen LogP contribution >= 0.6 is 0 Å². The van der Waals surface area contributed by atoms with Gasteiger partial charge < -0.3 is 26.0 Å². The van der Waals surface area contributed by atoms with Crippen LogP contribution in [0.5, 0.6) is 5.75 Å². The van der Waals surface area contributed by atoms with E-state index in [4.69, 9.17) is 11.6 Å². The van der Waals surface area contributed by atoms with Crippen molar-refractivity contribution < 1.29 is 9.90 Å². The number of hydrogen-bond donors (Lipinski definition) is 4. The summed E-state index contributed by atoms with van der Waals surface area (Å²) in [5, 5.41) is 14.5. The van der Waals surface area contributed by atoms with Crippen LogP contribution in [0.4, 0.5) is 23.1 Å². The maximum Gasteiger partial charge on any atom is 0.224 e. The van der Waals surface area contributed by atoms with Gasteiger partial charge in [-0.05, 0) is 74.7 Å².